The van der Waals surface area contributed by atoms with Gasteiger partial charge < -0.3 is 4.74 Å². The minimum atomic E-state index is -5.79. The van der Waals surface area contributed by atoms with Crippen LogP contribution in [0.3, 0.4) is 0 Å². The molecule has 0 N–H and O–H groups in total. The van der Waals surface area contributed by atoms with Gasteiger partial charge in [-0.05, 0) is 12.1 Å². The first-order valence-corrected chi connectivity index (χ1v) is 8.59. The smallest absolute Gasteiger partial charge is 0.346 e. The molecule has 0 radical (unpaired) electrons. The predicted molar refractivity (Wildman–Crippen MR) is 98.2 cm³/mol. The Balaban J connectivity index is 2.76. The van der Waals surface area contributed by atoms with E-state index in [2.05, 4.69) is 4.74 Å². The summed E-state index contributed by atoms with van der Waals surface area (Å²) in [6.45, 7) is 0. The van der Waals surface area contributed by atoms with Gasteiger partial charge in [0.05, 0.1) is 43.0 Å². The Labute approximate surface area is 187 Å². The van der Waals surface area contributed by atoms with Gasteiger partial charge in [-0.3, -0.25) is 40.5 Å². The van der Waals surface area contributed by atoms with Gasteiger partial charge >= 0.3 is 12.4 Å². The number of rotatable bonds is 8. The molecule has 0 fully saturated rings. The summed E-state index contributed by atoms with van der Waals surface area (Å²) >= 11 is 0. The van der Waals surface area contributed by atoms with Gasteiger partial charge in [0, 0.05) is 12.1 Å². The normalized spacial score (nSPS) is 13.7. The molecule has 0 amide bonds. The number of nitro benzene ring substituents is 4. The SMILES string of the molecule is O=[N+]([O-])c1ccc(C(OC(c2ccc([N+](=O)[O-])cc2[N+](=O)[O-])C(F)(F)F)C(F)(F)F)c([N+](=O)[O-])c1. The van der Waals surface area contributed by atoms with Crippen LogP contribution in [0.15, 0.2) is 36.4 Å². The first-order valence-electron chi connectivity index (χ1n) is 8.59. The molecule has 0 aliphatic heterocycles. The zero-order valence-electron chi connectivity index (χ0n) is 16.3. The lowest BCUT2D eigenvalue weighted by molar-refractivity contribution is -0.397. The van der Waals surface area contributed by atoms with E-state index in [4.69, 9.17) is 0 Å². The van der Waals surface area contributed by atoms with E-state index in [9.17, 15) is 66.8 Å². The molecule has 19 heteroatoms. The highest BCUT2D eigenvalue weighted by Crippen LogP contribution is 2.49. The van der Waals surface area contributed by atoms with Gasteiger partial charge in [-0.15, -0.1) is 0 Å². The van der Waals surface area contributed by atoms with Crippen molar-refractivity contribution in [2.75, 3.05) is 0 Å². The van der Waals surface area contributed by atoms with Crippen LogP contribution >= 0.6 is 0 Å². The maximum Gasteiger partial charge on any atom is 0.419 e. The molecule has 0 saturated heterocycles. The van der Waals surface area contributed by atoms with Crippen LogP contribution in [0.5, 0.6) is 0 Å². The highest BCUT2D eigenvalue weighted by Gasteiger charge is 2.53. The second-order valence-electron chi connectivity index (χ2n) is 6.49. The second-order valence-corrected chi connectivity index (χ2v) is 6.49. The van der Waals surface area contributed by atoms with Crippen molar-refractivity contribution in [3.63, 3.8) is 0 Å². The van der Waals surface area contributed by atoms with Crippen LogP contribution in [0.1, 0.15) is 23.3 Å². The molecule has 13 nitrogen and oxygen atoms in total. The molecule has 0 saturated carbocycles. The van der Waals surface area contributed by atoms with Crippen molar-refractivity contribution in [3.8, 4) is 0 Å². The monoisotopic (exact) mass is 514 g/mol. The van der Waals surface area contributed by atoms with Gasteiger partial charge in [0.1, 0.15) is 0 Å². The minimum absolute atomic E-state index is 0.0638. The van der Waals surface area contributed by atoms with Crippen molar-refractivity contribution < 1.29 is 50.8 Å². The van der Waals surface area contributed by atoms with E-state index >= 15 is 0 Å². The van der Waals surface area contributed by atoms with Crippen LogP contribution in [-0.2, 0) is 4.74 Å². The molecule has 0 spiro atoms. The largest absolute Gasteiger partial charge is 0.419 e. The molecule has 0 aliphatic carbocycles. The predicted octanol–water partition coefficient (Wildman–Crippen LogP) is 5.24. The summed E-state index contributed by atoms with van der Waals surface area (Å²) in [7, 11) is 0. The summed E-state index contributed by atoms with van der Waals surface area (Å²) in [5, 5.41) is 44.0. The number of halogens is 6. The van der Waals surface area contributed by atoms with E-state index < -0.39 is 78.1 Å². The lowest BCUT2D eigenvalue weighted by Gasteiger charge is -2.28. The van der Waals surface area contributed by atoms with Crippen LogP contribution in [0, 0.1) is 40.5 Å². The summed E-state index contributed by atoms with van der Waals surface area (Å²) < 4.78 is 86.5. The van der Waals surface area contributed by atoms with Gasteiger partial charge in [0.2, 0.25) is 0 Å². The zero-order valence-corrected chi connectivity index (χ0v) is 16.3. The fourth-order valence-corrected chi connectivity index (χ4v) is 2.84. The molecule has 35 heavy (non-hydrogen) atoms. The van der Waals surface area contributed by atoms with Crippen molar-refractivity contribution in [2.24, 2.45) is 0 Å². The number of alkyl halides is 6. The average molecular weight is 514 g/mol. The standard InChI is InChI=1S/C16H8F6N4O9/c17-15(18,19)13(9-3-1-7(23(27)28)5-11(9)25(31)32)35-14(16(20,21)22)10-4-2-8(24(29)30)6-12(10)26(33)34/h1-6,13-14H. The number of hydrogen-bond acceptors (Lipinski definition) is 9. The number of nitrogens with zero attached hydrogens (tertiary/aromatic N) is 4. The third kappa shape index (κ3) is 5.93. The Morgan fingerprint density at radius 2 is 0.914 bits per heavy atom. The average Bonchev–Trinajstić information content (AvgIpc) is 2.71. The Hall–Kier alpha value is -4.42. The fraction of sp³-hybridized carbons (Fsp3) is 0.250. The molecule has 0 aliphatic rings. The highest BCUT2D eigenvalue weighted by molar-refractivity contribution is 5.52. The molecule has 2 aromatic rings. The van der Waals surface area contributed by atoms with Crippen molar-refractivity contribution in [1.29, 1.82) is 0 Å². The summed E-state index contributed by atoms with van der Waals surface area (Å²) in [5.41, 5.74) is -8.46. The fourth-order valence-electron chi connectivity index (χ4n) is 2.84. The van der Waals surface area contributed by atoms with Gasteiger partial charge in [0.15, 0.2) is 12.2 Å². The van der Waals surface area contributed by atoms with Crippen molar-refractivity contribution >= 4 is 22.7 Å². The summed E-state index contributed by atoms with van der Waals surface area (Å²) in [6.07, 6.45) is -19.1. The summed E-state index contributed by atoms with van der Waals surface area (Å²) in [4.78, 5) is 38.5. The lowest BCUT2D eigenvalue weighted by Crippen LogP contribution is -2.32. The number of hydrogen-bond donors (Lipinski definition) is 0. The molecule has 2 rings (SSSR count). The highest BCUT2D eigenvalue weighted by atomic mass is 19.4. The number of non-ortho nitro benzene ring substituents is 2. The Bertz CT molecular complexity index is 1110. The van der Waals surface area contributed by atoms with E-state index in [1.807, 2.05) is 0 Å². The van der Waals surface area contributed by atoms with E-state index in [-0.39, 0.29) is 24.3 Å². The molecule has 0 heterocycles. The second kappa shape index (κ2) is 9.44. The van der Waals surface area contributed by atoms with Crippen LogP contribution in [0.4, 0.5) is 49.1 Å². The number of benzene rings is 2. The number of ether oxygens (including phenoxy) is 1. The van der Waals surface area contributed by atoms with Crippen molar-refractivity contribution in [1.82, 2.24) is 0 Å². The molecule has 188 valence electrons. The Kier molecular flexibility index (Phi) is 7.24. The first-order chi connectivity index (χ1) is 15.9. The third-order valence-corrected chi connectivity index (χ3v) is 4.27. The molecule has 0 bridgehead atoms. The van der Waals surface area contributed by atoms with Crippen molar-refractivity contribution in [2.45, 2.75) is 24.6 Å². The molecule has 2 unspecified atom stereocenters. The maximum atomic E-state index is 13.7. The van der Waals surface area contributed by atoms with E-state index in [1.165, 1.54) is 0 Å². The van der Waals surface area contributed by atoms with E-state index in [0.717, 1.165) is 0 Å². The van der Waals surface area contributed by atoms with Gasteiger partial charge in [0.25, 0.3) is 22.7 Å². The van der Waals surface area contributed by atoms with Crippen molar-refractivity contribution in [3.05, 3.63) is 88.0 Å². The molecule has 2 aromatic carbocycles. The van der Waals surface area contributed by atoms with Crippen LogP contribution < -0.4 is 0 Å². The van der Waals surface area contributed by atoms with Crippen LogP contribution in [-0.4, -0.2) is 32.0 Å². The van der Waals surface area contributed by atoms with Crippen LogP contribution in [0.2, 0.25) is 0 Å². The lowest BCUT2D eigenvalue weighted by atomic mass is 10.0. The quantitative estimate of drug-likeness (QED) is 0.258. The maximum absolute atomic E-state index is 13.7. The minimum Gasteiger partial charge on any atom is -0.346 e. The summed E-state index contributed by atoms with van der Waals surface area (Å²) in [6, 6.07) is 1.14. The van der Waals surface area contributed by atoms with Crippen LogP contribution in [0.25, 0.3) is 0 Å². The molecule has 0 aromatic heterocycles. The van der Waals surface area contributed by atoms with Gasteiger partial charge in [-0.1, -0.05) is 0 Å². The third-order valence-electron chi connectivity index (χ3n) is 4.27. The topological polar surface area (TPSA) is 182 Å². The van der Waals surface area contributed by atoms with E-state index in [1.54, 1.807) is 0 Å². The molecule has 2 atom stereocenters. The molecular formula is C16H8F6N4O9. The zero-order chi connectivity index (χ0) is 26.9. The van der Waals surface area contributed by atoms with E-state index in [0.29, 0.717) is 12.1 Å². The number of nitro groups is 4. The summed E-state index contributed by atoms with van der Waals surface area (Å²) in [5.74, 6) is 0. The Morgan fingerprint density at radius 1 is 0.600 bits per heavy atom. The first kappa shape index (κ1) is 26.8. The van der Waals surface area contributed by atoms with Gasteiger partial charge in [-0.2, -0.15) is 26.3 Å². The molecular weight excluding hydrogens is 506 g/mol. The van der Waals surface area contributed by atoms with Gasteiger partial charge in [-0.25, -0.2) is 0 Å². The Morgan fingerprint density at radius 3 is 1.14 bits per heavy atom.